The van der Waals surface area contributed by atoms with Gasteiger partial charge in [-0.15, -0.1) is 0 Å². The number of rotatable bonds is 4. The summed E-state index contributed by atoms with van der Waals surface area (Å²) in [6.07, 6.45) is 0. The minimum Gasteiger partial charge on any atom is -0.478 e. The second kappa shape index (κ2) is 6.23. The molecule has 0 aliphatic heterocycles. The van der Waals surface area contributed by atoms with Gasteiger partial charge in [-0.1, -0.05) is 23.7 Å². The van der Waals surface area contributed by atoms with Crippen molar-refractivity contribution in [1.82, 2.24) is 0 Å². The molecule has 0 aromatic heterocycles. The minimum absolute atomic E-state index is 0.298. The van der Waals surface area contributed by atoms with Crippen LogP contribution in [0, 0.1) is 10.1 Å². The third-order valence-corrected chi connectivity index (χ3v) is 3.01. The highest BCUT2D eigenvalue weighted by molar-refractivity contribution is 6.31. The summed E-state index contributed by atoms with van der Waals surface area (Å²) in [5.74, 6) is -2.33. The van der Waals surface area contributed by atoms with E-state index in [1.54, 1.807) is 12.1 Å². The molecule has 2 aromatic rings. The number of carboxylic acids is 1. The zero-order valence-electron chi connectivity index (χ0n) is 10.9. The van der Waals surface area contributed by atoms with Gasteiger partial charge in [0, 0.05) is 16.8 Å². The fraction of sp³-hybridized carbons (Fsp3) is 0. The number of hydrogen-bond acceptors (Lipinski definition) is 4. The molecule has 0 bridgehead atoms. The van der Waals surface area contributed by atoms with Gasteiger partial charge in [0.15, 0.2) is 0 Å². The van der Waals surface area contributed by atoms with Crippen LogP contribution in [0.1, 0.15) is 20.7 Å². The number of carbonyl (C=O) groups excluding carboxylic acids is 1. The number of aromatic carboxylic acids is 1. The van der Waals surface area contributed by atoms with Gasteiger partial charge in [-0.3, -0.25) is 14.9 Å². The van der Waals surface area contributed by atoms with Crippen LogP contribution in [0.4, 0.5) is 11.4 Å². The maximum atomic E-state index is 12.3. The van der Waals surface area contributed by atoms with Gasteiger partial charge in [0.05, 0.1) is 10.5 Å². The van der Waals surface area contributed by atoms with Crippen LogP contribution < -0.4 is 5.32 Å². The smallest absolute Gasteiger partial charge is 0.336 e. The SMILES string of the molecule is O=C(O)c1cccc([N+](=O)[O-])c1C(=O)Nc1cccc(Cl)c1. The lowest BCUT2D eigenvalue weighted by atomic mass is 10.0. The van der Waals surface area contributed by atoms with E-state index in [2.05, 4.69) is 5.32 Å². The van der Waals surface area contributed by atoms with E-state index in [4.69, 9.17) is 16.7 Å². The fourth-order valence-electron chi connectivity index (χ4n) is 1.87. The van der Waals surface area contributed by atoms with Crippen LogP contribution in [0.2, 0.25) is 5.02 Å². The Morgan fingerprint density at radius 1 is 1.18 bits per heavy atom. The summed E-state index contributed by atoms with van der Waals surface area (Å²) in [5, 5.41) is 22.9. The highest BCUT2D eigenvalue weighted by atomic mass is 35.5. The van der Waals surface area contributed by atoms with Crippen molar-refractivity contribution in [3.63, 3.8) is 0 Å². The number of halogens is 1. The van der Waals surface area contributed by atoms with E-state index >= 15 is 0 Å². The van der Waals surface area contributed by atoms with E-state index < -0.39 is 33.6 Å². The Hall–Kier alpha value is -2.93. The van der Waals surface area contributed by atoms with Crippen molar-refractivity contribution in [3.05, 3.63) is 68.7 Å². The van der Waals surface area contributed by atoms with Crippen molar-refractivity contribution in [1.29, 1.82) is 0 Å². The summed E-state index contributed by atoms with van der Waals surface area (Å²) in [6, 6.07) is 9.53. The Labute approximate surface area is 129 Å². The molecular formula is C14H9ClN2O5. The molecule has 2 aromatic carbocycles. The van der Waals surface area contributed by atoms with Crippen molar-refractivity contribution < 1.29 is 19.6 Å². The summed E-state index contributed by atoms with van der Waals surface area (Å²) in [7, 11) is 0. The molecule has 0 fully saturated rings. The molecule has 0 heterocycles. The van der Waals surface area contributed by atoms with Crippen molar-refractivity contribution in [2.75, 3.05) is 5.32 Å². The van der Waals surface area contributed by atoms with Gasteiger partial charge in [-0.25, -0.2) is 4.79 Å². The molecule has 0 aliphatic rings. The van der Waals surface area contributed by atoms with E-state index in [1.165, 1.54) is 18.2 Å². The molecule has 7 nitrogen and oxygen atoms in total. The monoisotopic (exact) mass is 320 g/mol. The summed E-state index contributed by atoms with van der Waals surface area (Å²) in [5.41, 5.74) is -1.25. The molecule has 0 saturated carbocycles. The minimum atomic E-state index is -1.43. The van der Waals surface area contributed by atoms with Crippen LogP contribution in [0.15, 0.2) is 42.5 Å². The molecule has 0 saturated heterocycles. The van der Waals surface area contributed by atoms with Crippen LogP contribution in [0.25, 0.3) is 0 Å². The van der Waals surface area contributed by atoms with E-state index in [9.17, 15) is 19.7 Å². The second-order valence-electron chi connectivity index (χ2n) is 4.23. The number of carboxylic acid groups (broad SMARTS) is 1. The predicted octanol–water partition coefficient (Wildman–Crippen LogP) is 3.20. The largest absolute Gasteiger partial charge is 0.478 e. The van der Waals surface area contributed by atoms with Crippen molar-refractivity contribution >= 4 is 34.9 Å². The Bertz CT molecular complexity index is 743. The molecular weight excluding hydrogens is 312 g/mol. The van der Waals surface area contributed by atoms with Crippen LogP contribution in [0.3, 0.4) is 0 Å². The van der Waals surface area contributed by atoms with Crippen molar-refractivity contribution in [2.45, 2.75) is 0 Å². The van der Waals surface area contributed by atoms with E-state index in [0.29, 0.717) is 10.7 Å². The number of nitro groups is 1. The molecule has 0 spiro atoms. The summed E-state index contributed by atoms with van der Waals surface area (Å²) in [4.78, 5) is 33.7. The zero-order valence-corrected chi connectivity index (χ0v) is 11.7. The van der Waals surface area contributed by atoms with Crippen LogP contribution in [0.5, 0.6) is 0 Å². The van der Waals surface area contributed by atoms with Gasteiger partial charge in [-0.2, -0.15) is 0 Å². The third kappa shape index (κ3) is 3.21. The lowest BCUT2D eigenvalue weighted by Crippen LogP contribution is -2.18. The van der Waals surface area contributed by atoms with Gasteiger partial charge in [-0.05, 0) is 24.3 Å². The first-order valence-corrected chi connectivity index (χ1v) is 6.35. The van der Waals surface area contributed by atoms with Gasteiger partial charge in [0.2, 0.25) is 0 Å². The number of hydrogen-bond donors (Lipinski definition) is 2. The highest BCUT2D eigenvalue weighted by Gasteiger charge is 2.27. The number of benzene rings is 2. The average Bonchev–Trinajstić information content (AvgIpc) is 2.46. The Kier molecular flexibility index (Phi) is 4.38. The van der Waals surface area contributed by atoms with E-state index in [1.807, 2.05) is 0 Å². The Morgan fingerprint density at radius 3 is 2.45 bits per heavy atom. The van der Waals surface area contributed by atoms with Crippen LogP contribution in [-0.4, -0.2) is 21.9 Å². The molecule has 22 heavy (non-hydrogen) atoms. The second-order valence-corrected chi connectivity index (χ2v) is 4.66. The number of nitrogens with one attached hydrogen (secondary N) is 1. The molecule has 1 amide bonds. The highest BCUT2D eigenvalue weighted by Crippen LogP contribution is 2.24. The Morgan fingerprint density at radius 2 is 1.86 bits per heavy atom. The average molecular weight is 321 g/mol. The first-order chi connectivity index (χ1) is 10.4. The number of carbonyl (C=O) groups is 2. The van der Waals surface area contributed by atoms with Gasteiger partial charge in [0.25, 0.3) is 11.6 Å². The molecule has 0 atom stereocenters. The van der Waals surface area contributed by atoms with Crippen LogP contribution >= 0.6 is 11.6 Å². The zero-order chi connectivity index (χ0) is 16.3. The Balaban J connectivity index is 2.48. The molecule has 112 valence electrons. The summed E-state index contributed by atoms with van der Waals surface area (Å²) in [6.45, 7) is 0. The quantitative estimate of drug-likeness (QED) is 0.664. The molecule has 0 aliphatic carbocycles. The van der Waals surface area contributed by atoms with Crippen LogP contribution in [-0.2, 0) is 0 Å². The lowest BCUT2D eigenvalue weighted by Gasteiger charge is -2.08. The fourth-order valence-corrected chi connectivity index (χ4v) is 2.06. The van der Waals surface area contributed by atoms with E-state index in [-0.39, 0.29) is 0 Å². The van der Waals surface area contributed by atoms with Crippen molar-refractivity contribution in [3.8, 4) is 0 Å². The number of amides is 1. The van der Waals surface area contributed by atoms with Gasteiger partial charge >= 0.3 is 5.97 Å². The number of anilines is 1. The first-order valence-electron chi connectivity index (χ1n) is 5.97. The molecule has 2 rings (SSSR count). The molecule has 0 radical (unpaired) electrons. The first kappa shape index (κ1) is 15.5. The molecule has 0 unspecified atom stereocenters. The maximum absolute atomic E-state index is 12.3. The predicted molar refractivity (Wildman–Crippen MR) is 79.5 cm³/mol. The number of nitrogens with zero attached hydrogens (tertiary/aromatic N) is 1. The summed E-state index contributed by atoms with van der Waals surface area (Å²) >= 11 is 5.78. The number of nitro benzene ring substituents is 1. The van der Waals surface area contributed by atoms with E-state index in [0.717, 1.165) is 12.1 Å². The normalized spacial score (nSPS) is 10.0. The lowest BCUT2D eigenvalue weighted by molar-refractivity contribution is -0.385. The van der Waals surface area contributed by atoms with Crippen molar-refractivity contribution in [2.24, 2.45) is 0 Å². The standard InChI is InChI=1S/C14H9ClN2O5/c15-8-3-1-4-9(7-8)16-13(18)12-10(14(19)20)5-2-6-11(12)17(21)22/h1-7H,(H,16,18)(H,19,20). The van der Waals surface area contributed by atoms with Gasteiger partial charge < -0.3 is 10.4 Å². The molecule has 2 N–H and O–H groups in total. The topological polar surface area (TPSA) is 110 Å². The summed E-state index contributed by atoms with van der Waals surface area (Å²) < 4.78 is 0. The molecule has 8 heteroatoms. The maximum Gasteiger partial charge on any atom is 0.336 e. The third-order valence-electron chi connectivity index (χ3n) is 2.78. The van der Waals surface area contributed by atoms with Gasteiger partial charge in [0.1, 0.15) is 5.56 Å².